The van der Waals surface area contributed by atoms with Crippen molar-refractivity contribution >= 4 is 21.6 Å². The molecule has 0 saturated heterocycles. The Hall–Kier alpha value is -1.32. The van der Waals surface area contributed by atoms with Crippen molar-refractivity contribution in [2.75, 3.05) is 11.9 Å². The molecule has 1 unspecified atom stereocenters. The molecule has 0 aliphatic heterocycles. The Morgan fingerprint density at radius 3 is 2.19 bits per heavy atom. The summed E-state index contributed by atoms with van der Waals surface area (Å²) in [4.78, 5) is 0. The van der Waals surface area contributed by atoms with Gasteiger partial charge in [-0.2, -0.15) is 0 Å². The summed E-state index contributed by atoms with van der Waals surface area (Å²) in [6.45, 7) is 6.97. The summed E-state index contributed by atoms with van der Waals surface area (Å²) < 4.78 is 1.17. The lowest BCUT2D eigenvalue weighted by Gasteiger charge is -2.31. The van der Waals surface area contributed by atoms with Gasteiger partial charge >= 0.3 is 0 Å². The highest BCUT2D eigenvalue weighted by Crippen LogP contribution is 2.27. The standard InChI is InChI=1S/C18H23BrN2/c1-13-9-16(10-14(2)17(13)19)21-18(3,12-20)11-15-7-5-4-6-8-15/h4-10,21H,11-12,20H2,1-3H3. The Bertz CT molecular complexity index is 587. The molecule has 0 fully saturated rings. The van der Waals surface area contributed by atoms with E-state index >= 15 is 0 Å². The minimum absolute atomic E-state index is 0.159. The molecule has 0 amide bonds. The Kier molecular flexibility index (Phi) is 5.07. The fraction of sp³-hybridized carbons (Fsp3) is 0.333. The Labute approximate surface area is 135 Å². The number of anilines is 1. The van der Waals surface area contributed by atoms with E-state index in [2.05, 4.69) is 78.4 Å². The summed E-state index contributed by atoms with van der Waals surface area (Å²) in [6, 6.07) is 14.8. The normalized spacial score (nSPS) is 13.8. The SMILES string of the molecule is Cc1cc(NC(C)(CN)Cc2ccccc2)cc(C)c1Br. The predicted octanol–water partition coefficient (Wildman–Crippen LogP) is 4.44. The van der Waals surface area contributed by atoms with Gasteiger partial charge in [0.2, 0.25) is 0 Å². The molecule has 0 aromatic heterocycles. The maximum absolute atomic E-state index is 6.04. The lowest BCUT2D eigenvalue weighted by Crippen LogP contribution is -2.44. The zero-order valence-electron chi connectivity index (χ0n) is 12.9. The third-order valence-corrected chi connectivity index (χ3v) is 5.02. The molecule has 0 bridgehead atoms. The fourth-order valence-corrected chi connectivity index (χ4v) is 2.81. The highest BCUT2D eigenvalue weighted by Gasteiger charge is 2.23. The van der Waals surface area contributed by atoms with Gasteiger partial charge in [0, 0.05) is 16.7 Å². The minimum Gasteiger partial charge on any atom is -0.378 e. The third-order valence-electron chi connectivity index (χ3n) is 3.77. The molecular formula is C18H23BrN2. The van der Waals surface area contributed by atoms with E-state index in [1.54, 1.807) is 0 Å². The van der Waals surface area contributed by atoms with E-state index < -0.39 is 0 Å². The van der Waals surface area contributed by atoms with Gasteiger partial charge < -0.3 is 11.1 Å². The number of benzene rings is 2. The monoisotopic (exact) mass is 346 g/mol. The molecule has 21 heavy (non-hydrogen) atoms. The van der Waals surface area contributed by atoms with Crippen molar-refractivity contribution in [3.8, 4) is 0 Å². The van der Waals surface area contributed by atoms with Gasteiger partial charge in [-0.25, -0.2) is 0 Å². The van der Waals surface area contributed by atoms with Gasteiger partial charge in [0.25, 0.3) is 0 Å². The van der Waals surface area contributed by atoms with Crippen LogP contribution in [-0.2, 0) is 6.42 Å². The van der Waals surface area contributed by atoms with Crippen LogP contribution in [0.2, 0.25) is 0 Å². The Balaban J connectivity index is 2.22. The number of nitrogens with one attached hydrogen (secondary N) is 1. The van der Waals surface area contributed by atoms with Gasteiger partial charge in [0.15, 0.2) is 0 Å². The van der Waals surface area contributed by atoms with Crippen LogP contribution in [0.1, 0.15) is 23.6 Å². The molecule has 2 nitrogen and oxygen atoms in total. The van der Waals surface area contributed by atoms with E-state index in [1.165, 1.54) is 21.2 Å². The number of hydrogen-bond acceptors (Lipinski definition) is 2. The summed E-state index contributed by atoms with van der Waals surface area (Å²) in [7, 11) is 0. The zero-order chi connectivity index (χ0) is 15.5. The smallest absolute Gasteiger partial charge is 0.0507 e. The topological polar surface area (TPSA) is 38.0 Å². The van der Waals surface area contributed by atoms with Crippen LogP contribution in [0, 0.1) is 13.8 Å². The van der Waals surface area contributed by atoms with E-state index in [4.69, 9.17) is 5.73 Å². The van der Waals surface area contributed by atoms with E-state index in [-0.39, 0.29) is 5.54 Å². The van der Waals surface area contributed by atoms with Crippen molar-refractivity contribution in [1.82, 2.24) is 0 Å². The molecule has 0 spiro atoms. The fourth-order valence-electron chi connectivity index (χ4n) is 2.58. The maximum atomic E-state index is 6.04. The molecule has 0 aliphatic rings. The Morgan fingerprint density at radius 2 is 1.67 bits per heavy atom. The van der Waals surface area contributed by atoms with Gasteiger partial charge in [-0.1, -0.05) is 46.3 Å². The van der Waals surface area contributed by atoms with Gasteiger partial charge in [0.05, 0.1) is 5.54 Å². The first-order chi connectivity index (χ1) is 9.93. The second-order valence-electron chi connectivity index (χ2n) is 5.98. The molecule has 2 aromatic rings. The number of halogens is 1. The van der Waals surface area contributed by atoms with Crippen LogP contribution in [0.3, 0.4) is 0 Å². The van der Waals surface area contributed by atoms with Crippen LogP contribution >= 0.6 is 15.9 Å². The highest BCUT2D eigenvalue weighted by atomic mass is 79.9. The largest absolute Gasteiger partial charge is 0.378 e. The summed E-state index contributed by atoms with van der Waals surface area (Å²) in [5, 5.41) is 3.62. The van der Waals surface area contributed by atoms with E-state index in [0.29, 0.717) is 6.54 Å². The highest BCUT2D eigenvalue weighted by molar-refractivity contribution is 9.10. The quantitative estimate of drug-likeness (QED) is 0.839. The molecule has 1 atom stereocenters. The summed E-state index contributed by atoms with van der Waals surface area (Å²) >= 11 is 3.61. The molecule has 3 heteroatoms. The number of rotatable bonds is 5. The minimum atomic E-state index is -0.159. The average Bonchev–Trinajstić information content (AvgIpc) is 2.45. The van der Waals surface area contributed by atoms with E-state index in [0.717, 1.165) is 12.1 Å². The molecule has 0 aliphatic carbocycles. The van der Waals surface area contributed by atoms with E-state index in [1.807, 2.05) is 6.07 Å². The molecule has 0 saturated carbocycles. The van der Waals surface area contributed by atoms with Gasteiger partial charge in [-0.15, -0.1) is 0 Å². The Morgan fingerprint density at radius 1 is 1.10 bits per heavy atom. The molecule has 3 N–H and O–H groups in total. The van der Waals surface area contributed by atoms with Gasteiger partial charge in [0.1, 0.15) is 0 Å². The van der Waals surface area contributed by atoms with Crippen LogP contribution in [0.4, 0.5) is 5.69 Å². The van der Waals surface area contributed by atoms with Crippen LogP contribution in [0.15, 0.2) is 46.9 Å². The van der Waals surface area contributed by atoms with Gasteiger partial charge in [-0.3, -0.25) is 0 Å². The summed E-state index contributed by atoms with van der Waals surface area (Å²) in [5.41, 5.74) is 10.8. The molecule has 0 heterocycles. The zero-order valence-corrected chi connectivity index (χ0v) is 14.5. The molecule has 112 valence electrons. The second-order valence-corrected chi connectivity index (χ2v) is 6.77. The van der Waals surface area contributed by atoms with Crippen molar-refractivity contribution in [2.24, 2.45) is 5.73 Å². The first-order valence-electron chi connectivity index (χ1n) is 7.22. The molecule has 0 radical (unpaired) electrons. The predicted molar refractivity (Wildman–Crippen MR) is 94.8 cm³/mol. The first kappa shape index (κ1) is 16.1. The van der Waals surface area contributed by atoms with E-state index in [9.17, 15) is 0 Å². The lowest BCUT2D eigenvalue weighted by atomic mass is 9.92. The number of hydrogen-bond donors (Lipinski definition) is 2. The van der Waals surface area contributed by atoms with Crippen LogP contribution < -0.4 is 11.1 Å². The number of nitrogens with two attached hydrogens (primary N) is 1. The van der Waals surface area contributed by atoms with Crippen LogP contribution in [0.25, 0.3) is 0 Å². The van der Waals surface area contributed by atoms with Crippen molar-refractivity contribution in [3.63, 3.8) is 0 Å². The summed E-state index contributed by atoms with van der Waals surface area (Å²) in [5.74, 6) is 0. The first-order valence-corrected chi connectivity index (χ1v) is 8.02. The third kappa shape index (κ3) is 4.08. The number of aryl methyl sites for hydroxylation is 2. The molecule has 2 rings (SSSR count). The van der Waals surface area contributed by atoms with Crippen molar-refractivity contribution < 1.29 is 0 Å². The van der Waals surface area contributed by atoms with Gasteiger partial charge in [-0.05, 0) is 56.0 Å². The van der Waals surface area contributed by atoms with Crippen molar-refractivity contribution in [3.05, 3.63) is 63.6 Å². The molecule has 2 aromatic carbocycles. The van der Waals surface area contributed by atoms with Crippen molar-refractivity contribution in [2.45, 2.75) is 32.7 Å². The second kappa shape index (κ2) is 6.63. The van der Waals surface area contributed by atoms with Crippen molar-refractivity contribution in [1.29, 1.82) is 0 Å². The average molecular weight is 347 g/mol. The van der Waals surface area contributed by atoms with Crippen LogP contribution in [0.5, 0.6) is 0 Å². The lowest BCUT2D eigenvalue weighted by molar-refractivity contribution is 0.521. The molecular weight excluding hydrogens is 324 g/mol. The maximum Gasteiger partial charge on any atom is 0.0507 e. The summed E-state index contributed by atoms with van der Waals surface area (Å²) in [6.07, 6.45) is 0.901. The van der Waals surface area contributed by atoms with Crippen LogP contribution in [-0.4, -0.2) is 12.1 Å².